The van der Waals surface area contributed by atoms with E-state index in [0.29, 0.717) is 31.7 Å². The van der Waals surface area contributed by atoms with E-state index in [1.165, 1.54) is 12.1 Å². The molecule has 0 aliphatic carbocycles. The summed E-state index contributed by atoms with van der Waals surface area (Å²) in [6.45, 7) is 2.76. The topological polar surface area (TPSA) is 55.6 Å². The van der Waals surface area contributed by atoms with Crippen molar-refractivity contribution in [2.24, 2.45) is 5.73 Å². The molecule has 19 heavy (non-hydrogen) atoms. The zero-order chi connectivity index (χ0) is 14.3. The van der Waals surface area contributed by atoms with Gasteiger partial charge in [-0.05, 0) is 37.6 Å². The van der Waals surface area contributed by atoms with Crippen molar-refractivity contribution in [3.63, 3.8) is 0 Å². The van der Waals surface area contributed by atoms with Crippen LogP contribution >= 0.6 is 0 Å². The number of carbonyl (C=O) groups excluding carboxylic acids is 1. The molecular formula is C14H21FN2O2. The number of rotatable bonds is 7. The van der Waals surface area contributed by atoms with Crippen LogP contribution in [0.4, 0.5) is 4.39 Å². The summed E-state index contributed by atoms with van der Waals surface area (Å²) in [6.07, 6.45) is 1.13. The van der Waals surface area contributed by atoms with E-state index in [0.717, 1.165) is 0 Å². The SMILES string of the molecule is CC(N)CCC(=O)N(C)CCOc1ccc(F)cc1. The molecule has 0 saturated carbocycles. The number of benzene rings is 1. The summed E-state index contributed by atoms with van der Waals surface area (Å²) in [6, 6.07) is 5.84. The van der Waals surface area contributed by atoms with Crippen LogP contribution in [0.15, 0.2) is 24.3 Å². The first-order valence-corrected chi connectivity index (χ1v) is 6.37. The van der Waals surface area contributed by atoms with Crippen LogP contribution in [-0.4, -0.2) is 37.0 Å². The van der Waals surface area contributed by atoms with E-state index in [1.807, 2.05) is 6.92 Å². The second-order valence-electron chi connectivity index (χ2n) is 4.63. The summed E-state index contributed by atoms with van der Waals surface area (Å²) in [5.74, 6) is 0.355. The van der Waals surface area contributed by atoms with Crippen molar-refractivity contribution in [2.75, 3.05) is 20.2 Å². The van der Waals surface area contributed by atoms with Crippen LogP contribution in [0.2, 0.25) is 0 Å². The van der Waals surface area contributed by atoms with Gasteiger partial charge in [-0.2, -0.15) is 0 Å². The number of hydrogen-bond acceptors (Lipinski definition) is 3. The maximum Gasteiger partial charge on any atom is 0.222 e. The molecule has 1 aromatic rings. The molecule has 0 saturated heterocycles. The normalized spacial score (nSPS) is 12.0. The quantitative estimate of drug-likeness (QED) is 0.820. The van der Waals surface area contributed by atoms with E-state index in [-0.39, 0.29) is 17.8 Å². The molecule has 0 heterocycles. The van der Waals surface area contributed by atoms with Crippen molar-refractivity contribution in [3.05, 3.63) is 30.1 Å². The van der Waals surface area contributed by atoms with Gasteiger partial charge in [0.2, 0.25) is 5.91 Å². The molecule has 0 spiro atoms. The minimum atomic E-state index is -0.296. The minimum Gasteiger partial charge on any atom is -0.492 e. The first-order chi connectivity index (χ1) is 8.99. The van der Waals surface area contributed by atoms with E-state index < -0.39 is 0 Å². The van der Waals surface area contributed by atoms with Crippen molar-refractivity contribution in [1.82, 2.24) is 4.90 Å². The van der Waals surface area contributed by atoms with Gasteiger partial charge in [0.1, 0.15) is 18.2 Å². The molecule has 4 nitrogen and oxygen atoms in total. The second kappa shape index (κ2) is 7.74. The van der Waals surface area contributed by atoms with Crippen LogP contribution in [0, 0.1) is 5.82 Å². The van der Waals surface area contributed by atoms with Crippen molar-refractivity contribution < 1.29 is 13.9 Å². The van der Waals surface area contributed by atoms with Gasteiger partial charge < -0.3 is 15.4 Å². The summed E-state index contributed by atoms with van der Waals surface area (Å²) in [4.78, 5) is 13.3. The molecule has 0 radical (unpaired) electrons. The van der Waals surface area contributed by atoms with Gasteiger partial charge in [0.05, 0.1) is 6.54 Å². The molecule has 0 aliphatic rings. The zero-order valence-corrected chi connectivity index (χ0v) is 11.4. The molecule has 0 aliphatic heterocycles. The number of nitrogens with zero attached hydrogens (tertiary/aromatic N) is 1. The molecule has 1 rings (SSSR count). The fraction of sp³-hybridized carbons (Fsp3) is 0.500. The monoisotopic (exact) mass is 268 g/mol. The van der Waals surface area contributed by atoms with Crippen LogP contribution in [0.5, 0.6) is 5.75 Å². The van der Waals surface area contributed by atoms with Crippen LogP contribution in [0.1, 0.15) is 19.8 Å². The third-order valence-electron chi connectivity index (χ3n) is 2.75. The summed E-state index contributed by atoms with van der Waals surface area (Å²) in [7, 11) is 1.73. The highest BCUT2D eigenvalue weighted by Crippen LogP contribution is 2.10. The largest absolute Gasteiger partial charge is 0.492 e. The number of amides is 1. The second-order valence-corrected chi connectivity index (χ2v) is 4.63. The lowest BCUT2D eigenvalue weighted by Crippen LogP contribution is -2.31. The van der Waals surface area contributed by atoms with Crippen molar-refractivity contribution >= 4 is 5.91 Å². The Kier molecular flexibility index (Phi) is 6.29. The van der Waals surface area contributed by atoms with E-state index in [4.69, 9.17) is 10.5 Å². The Morgan fingerprint density at radius 3 is 2.63 bits per heavy atom. The molecule has 1 aromatic carbocycles. The van der Waals surface area contributed by atoms with Gasteiger partial charge in [0.25, 0.3) is 0 Å². The first kappa shape index (κ1) is 15.4. The van der Waals surface area contributed by atoms with Gasteiger partial charge >= 0.3 is 0 Å². The Labute approximate surface area is 113 Å². The van der Waals surface area contributed by atoms with Gasteiger partial charge in [-0.3, -0.25) is 4.79 Å². The molecule has 1 atom stereocenters. The van der Waals surface area contributed by atoms with E-state index in [1.54, 1.807) is 24.1 Å². The molecule has 106 valence electrons. The average molecular weight is 268 g/mol. The van der Waals surface area contributed by atoms with Gasteiger partial charge in [0, 0.05) is 19.5 Å². The van der Waals surface area contributed by atoms with Crippen LogP contribution in [-0.2, 0) is 4.79 Å². The molecule has 1 unspecified atom stereocenters. The highest BCUT2D eigenvalue weighted by molar-refractivity contribution is 5.75. The number of carbonyl (C=O) groups is 1. The van der Waals surface area contributed by atoms with Crippen molar-refractivity contribution in [2.45, 2.75) is 25.8 Å². The molecule has 0 bridgehead atoms. The minimum absolute atomic E-state index is 0.0350. The van der Waals surface area contributed by atoms with Gasteiger partial charge in [0.15, 0.2) is 0 Å². The van der Waals surface area contributed by atoms with Crippen molar-refractivity contribution in [3.8, 4) is 5.75 Å². The number of hydrogen-bond donors (Lipinski definition) is 1. The van der Waals surface area contributed by atoms with E-state index >= 15 is 0 Å². The molecule has 1 amide bonds. The summed E-state index contributed by atoms with van der Waals surface area (Å²) >= 11 is 0. The number of nitrogens with two attached hydrogens (primary N) is 1. The molecule has 2 N–H and O–H groups in total. The number of ether oxygens (including phenoxy) is 1. The average Bonchev–Trinajstić information content (AvgIpc) is 2.38. The molecule has 0 aromatic heterocycles. The number of halogens is 1. The molecular weight excluding hydrogens is 247 g/mol. The molecule has 5 heteroatoms. The Morgan fingerprint density at radius 2 is 2.05 bits per heavy atom. The Hall–Kier alpha value is -1.62. The van der Waals surface area contributed by atoms with Gasteiger partial charge in [-0.15, -0.1) is 0 Å². The third-order valence-corrected chi connectivity index (χ3v) is 2.75. The standard InChI is InChI=1S/C14H21FN2O2/c1-11(16)3-8-14(18)17(2)9-10-19-13-6-4-12(15)5-7-13/h4-7,11H,3,8-10,16H2,1-2H3. The highest BCUT2D eigenvalue weighted by atomic mass is 19.1. The highest BCUT2D eigenvalue weighted by Gasteiger charge is 2.09. The van der Waals surface area contributed by atoms with Crippen molar-refractivity contribution in [1.29, 1.82) is 0 Å². The maximum absolute atomic E-state index is 12.7. The van der Waals surface area contributed by atoms with Crippen LogP contribution in [0.3, 0.4) is 0 Å². The lowest BCUT2D eigenvalue weighted by Gasteiger charge is -2.18. The Morgan fingerprint density at radius 1 is 1.42 bits per heavy atom. The lowest BCUT2D eigenvalue weighted by atomic mass is 10.2. The van der Waals surface area contributed by atoms with Crippen LogP contribution in [0.25, 0.3) is 0 Å². The van der Waals surface area contributed by atoms with Crippen LogP contribution < -0.4 is 10.5 Å². The van der Waals surface area contributed by atoms with Gasteiger partial charge in [-0.1, -0.05) is 0 Å². The predicted octanol–water partition coefficient (Wildman–Crippen LogP) is 1.79. The Balaban J connectivity index is 2.24. The third kappa shape index (κ3) is 6.20. The maximum atomic E-state index is 12.7. The summed E-state index contributed by atoms with van der Waals surface area (Å²) in [5, 5.41) is 0. The smallest absolute Gasteiger partial charge is 0.222 e. The fourth-order valence-electron chi connectivity index (χ4n) is 1.50. The molecule has 0 fully saturated rings. The lowest BCUT2D eigenvalue weighted by molar-refractivity contribution is -0.130. The van der Waals surface area contributed by atoms with E-state index in [9.17, 15) is 9.18 Å². The summed E-state index contributed by atoms with van der Waals surface area (Å²) < 4.78 is 18.1. The number of likely N-dealkylation sites (N-methyl/N-ethyl adjacent to an activating group) is 1. The summed E-state index contributed by atoms with van der Waals surface area (Å²) in [5.41, 5.74) is 5.60. The fourth-order valence-corrected chi connectivity index (χ4v) is 1.50. The zero-order valence-electron chi connectivity index (χ0n) is 11.4. The van der Waals surface area contributed by atoms with E-state index in [2.05, 4.69) is 0 Å². The Bertz CT molecular complexity index is 393. The predicted molar refractivity (Wildman–Crippen MR) is 72.4 cm³/mol. The first-order valence-electron chi connectivity index (χ1n) is 6.37. The van der Waals surface area contributed by atoms with Gasteiger partial charge in [-0.25, -0.2) is 4.39 Å².